The molecule has 1 N–H and O–H groups in total. The Morgan fingerprint density at radius 3 is 2.02 bits per heavy atom. The van der Waals surface area contributed by atoms with E-state index in [2.05, 4.69) is 5.32 Å². The molecule has 0 saturated heterocycles. The highest BCUT2D eigenvalue weighted by atomic mass is 35.5. The Balaban J connectivity index is 2.09. The van der Waals surface area contributed by atoms with Gasteiger partial charge >= 0.3 is 0 Å². The summed E-state index contributed by atoms with van der Waals surface area (Å²) in [6, 6.07) is 19.7. The average molecular weight is 584 g/mol. The molecule has 2 amide bonds. The molecule has 9 heteroatoms. The van der Waals surface area contributed by atoms with E-state index in [1.165, 1.54) is 17.0 Å². The first-order valence-electron chi connectivity index (χ1n) is 13.2. The zero-order valence-corrected chi connectivity index (χ0v) is 25.5. The highest BCUT2D eigenvalue weighted by Gasteiger charge is 2.34. The number of anilines is 1. The van der Waals surface area contributed by atoms with Crippen LogP contribution in [-0.4, -0.2) is 43.3 Å². The Kier molecular flexibility index (Phi) is 10.0. The van der Waals surface area contributed by atoms with Crippen molar-refractivity contribution >= 4 is 39.1 Å². The van der Waals surface area contributed by atoms with Gasteiger partial charge in [0.2, 0.25) is 11.8 Å². The molecule has 214 valence electrons. The van der Waals surface area contributed by atoms with Crippen LogP contribution in [-0.2, 0) is 26.2 Å². The summed E-state index contributed by atoms with van der Waals surface area (Å²) >= 11 is 6.08. The van der Waals surface area contributed by atoms with Crippen LogP contribution in [0.2, 0.25) is 5.02 Å². The molecule has 0 aliphatic carbocycles. The van der Waals surface area contributed by atoms with Crippen molar-refractivity contribution in [3.63, 3.8) is 0 Å². The number of hydrogen-bond acceptors (Lipinski definition) is 4. The van der Waals surface area contributed by atoms with E-state index in [0.717, 1.165) is 21.0 Å². The first-order chi connectivity index (χ1) is 18.7. The molecular weight excluding hydrogens is 546 g/mol. The van der Waals surface area contributed by atoms with Gasteiger partial charge in [0.1, 0.15) is 12.6 Å². The van der Waals surface area contributed by atoms with Gasteiger partial charge in [0.05, 0.1) is 10.6 Å². The number of benzene rings is 3. The van der Waals surface area contributed by atoms with Crippen molar-refractivity contribution in [2.45, 2.75) is 71.0 Å². The molecule has 0 radical (unpaired) electrons. The summed E-state index contributed by atoms with van der Waals surface area (Å²) in [5, 5.41) is 3.52. The fourth-order valence-electron chi connectivity index (χ4n) is 4.50. The zero-order chi connectivity index (χ0) is 29.7. The Morgan fingerprint density at radius 1 is 0.925 bits per heavy atom. The van der Waals surface area contributed by atoms with Gasteiger partial charge in [-0.25, -0.2) is 8.42 Å². The number of amides is 2. The van der Waals surface area contributed by atoms with Crippen molar-refractivity contribution in [2.75, 3.05) is 10.8 Å². The van der Waals surface area contributed by atoms with Gasteiger partial charge in [-0.2, -0.15) is 0 Å². The lowest BCUT2D eigenvalue weighted by atomic mass is 10.1. The maximum absolute atomic E-state index is 14.1. The van der Waals surface area contributed by atoms with Crippen LogP contribution in [0, 0.1) is 13.8 Å². The molecule has 0 spiro atoms. The number of rotatable bonds is 10. The number of aryl methyl sites for hydroxylation is 2. The molecule has 3 aromatic carbocycles. The minimum atomic E-state index is -4.11. The molecule has 0 saturated carbocycles. The molecule has 0 heterocycles. The predicted octanol–water partition coefficient (Wildman–Crippen LogP) is 5.87. The highest BCUT2D eigenvalue weighted by molar-refractivity contribution is 7.92. The fraction of sp³-hybridized carbons (Fsp3) is 0.355. The molecular formula is C31H38ClN3O4S. The largest absolute Gasteiger partial charge is 0.350 e. The third-order valence-electron chi connectivity index (χ3n) is 6.25. The van der Waals surface area contributed by atoms with Crippen LogP contribution in [0.1, 0.15) is 50.8 Å². The Bertz CT molecular complexity index is 1420. The molecule has 0 fully saturated rings. The third-order valence-corrected chi connectivity index (χ3v) is 8.29. The monoisotopic (exact) mass is 583 g/mol. The second kappa shape index (κ2) is 12.9. The summed E-state index contributed by atoms with van der Waals surface area (Å²) in [6.07, 6.45) is 0.343. The van der Waals surface area contributed by atoms with Crippen LogP contribution in [0.25, 0.3) is 0 Å². The topological polar surface area (TPSA) is 86.8 Å². The van der Waals surface area contributed by atoms with Crippen molar-refractivity contribution < 1.29 is 18.0 Å². The normalized spacial score (nSPS) is 12.5. The summed E-state index contributed by atoms with van der Waals surface area (Å²) < 4.78 is 29.0. The van der Waals surface area contributed by atoms with Gasteiger partial charge in [0, 0.05) is 17.1 Å². The van der Waals surface area contributed by atoms with E-state index in [9.17, 15) is 18.0 Å². The van der Waals surface area contributed by atoms with Crippen molar-refractivity contribution in [2.24, 2.45) is 0 Å². The van der Waals surface area contributed by atoms with E-state index in [-0.39, 0.29) is 17.3 Å². The molecule has 1 atom stereocenters. The Morgan fingerprint density at radius 2 is 1.50 bits per heavy atom. The average Bonchev–Trinajstić information content (AvgIpc) is 2.87. The quantitative estimate of drug-likeness (QED) is 0.323. The van der Waals surface area contributed by atoms with E-state index in [1.807, 2.05) is 47.6 Å². The first-order valence-corrected chi connectivity index (χ1v) is 15.0. The van der Waals surface area contributed by atoms with Gasteiger partial charge < -0.3 is 10.2 Å². The van der Waals surface area contributed by atoms with E-state index in [4.69, 9.17) is 11.6 Å². The molecule has 7 nitrogen and oxygen atoms in total. The summed E-state index contributed by atoms with van der Waals surface area (Å²) in [6.45, 7) is 10.8. The highest BCUT2D eigenvalue weighted by Crippen LogP contribution is 2.27. The number of nitrogens with one attached hydrogen (secondary N) is 1. The fourth-order valence-corrected chi connectivity index (χ4v) is 6.05. The first kappa shape index (κ1) is 31.2. The molecule has 0 aliphatic heterocycles. The van der Waals surface area contributed by atoms with Gasteiger partial charge in [0.25, 0.3) is 10.0 Å². The minimum Gasteiger partial charge on any atom is -0.350 e. The third kappa shape index (κ3) is 8.08. The summed E-state index contributed by atoms with van der Waals surface area (Å²) in [4.78, 5) is 29.0. The van der Waals surface area contributed by atoms with Gasteiger partial charge in [-0.15, -0.1) is 0 Å². The van der Waals surface area contributed by atoms with Gasteiger partial charge in [-0.05, 0) is 94.1 Å². The van der Waals surface area contributed by atoms with E-state index < -0.39 is 34.1 Å². The van der Waals surface area contributed by atoms with Crippen LogP contribution in [0.5, 0.6) is 0 Å². The lowest BCUT2D eigenvalue weighted by Gasteiger charge is -2.35. The summed E-state index contributed by atoms with van der Waals surface area (Å²) in [5.41, 5.74) is 2.37. The molecule has 0 aliphatic rings. The maximum Gasteiger partial charge on any atom is 0.264 e. The smallest absolute Gasteiger partial charge is 0.264 e. The predicted molar refractivity (Wildman–Crippen MR) is 161 cm³/mol. The van der Waals surface area contributed by atoms with Gasteiger partial charge in [0.15, 0.2) is 0 Å². The van der Waals surface area contributed by atoms with E-state index in [0.29, 0.717) is 17.1 Å². The number of sulfonamides is 1. The maximum atomic E-state index is 14.1. The number of carbonyl (C=O) groups excluding carboxylic acids is 2. The molecule has 40 heavy (non-hydrogen) atoms. The number of halogens is 1. The second-order valence-corrected chi connectivity index (χ2v) is 13.3. The minimum absolute atomic E-state index is 0.0729. The van der Waals surface area contributed by atoms with Crippen LogP contribution < -0.4 is 9.62 Å². The van der Waals surface area contributed by atoms with Gasteiger partial charge in [-0.1, -0.05) is 54.9 Å². The van der Waals surface area contributed by atoms with Crippen molar-refractivity contribution in [3.8, 4) is 0 Å². The molecule has 3 aromatic rings. The van der Waals surface area contributed by atoms with Crippen molar-refractivity contribution in [1.82, 2.24) is 10.2 Å². The standard InChI is InChI=1S/C31H38ClN3O4S/c1-7-28(30(37)33-31(4,5)6)34(20-24-13-15-25(32)16-14-24)29(36)21-35(26-18-22(2)17-23(3)19-26)40(38,39)27-11-9-8-10-12-27/h8-19,28H,7,20-21H2,1-6H3,(H,33,37)/t28-/m0/s1. The van der Waals surface area contributed by atoms with E-state index >= 15 is 0 Å². The zero-order valence-electron chi connectivity index (χ0n) is 23.9. The molecule has 0 bridgehead atoms. The van der Waals surface area contributed by atoms with Crippen LogP contribution in [0.3, 0.4) is 0 Å². The van der Waals surface area contributed by atoms with Crippen molar-refractivity contribution in [3.05, 3.63) is 94.5 Å². The van der Waals surface area contributed by atoms with Crippen molar-refractivity contribution in [1.29, 1.82) is 0 Å². The summed E-state index contributed by atoms with van der Waals surface area (Å²) in [7, 11) is -4.11. The lowest BCUT2D eigenvalue weighted by Crippen LogP contribution is -2.55. The lowest BCUT2D eigenvalue weighted by molar-refractivity contribution is -0.141. The Hall–Kier alpha value is -3.36. The van der Waals surface area contributed by atoms with E-state index in [1.54, 1.807) is 54.6 Å². The number of nitrogens with zero attached hydrogens (tertiary/aromatic N) is 2. The van der Waals surface area contributed by atoms with Crippen LogP contribution in [0.15, 0.2) is 77.7 Å². The van der Waals surface area contributed by atoms with Crippen LogP contribution >= 0.6 is 11.6 Å². The van der Waals surface area contributed by atoms with Crippen LogP contribution in [0.4, 0.5) is 5.69 Å². The van der Waals surface area contributed by atoms with Gasteiger partial charge in [-0.3, -0.25) is 13.9 Å². The number of hydrogen-bond donors (Lipinski definition) is 1. The molecule has 3 rings (SSSR count). The number of carbonyl (C=O) groups is 2. The SMILES string of the molecule is CC[C@@H](C(=O)NC(C)(C)C)N(Cc1ccc(Cl)cc1)C(=O)CN(c1cc(C)cc(C)c1)S(=O)(=O)c1ccccc1. The second-order valence-electron chi connectivity index (χ2n) is 11.0. The molecule has 0 unspecified atom stereocenters. The molecule has 0 aromatic heterocycles. The Labute approximate surface area is 243 Å². The summed E-state index contributed by atoms with van der Waals surface area (Å²) in [5.74, 6) is -0.800.